The number of nitrogens with zero attached hydrogens (tertiary/aromatic N) is 5. The second-order valence-electron chi connectivity index (χ2n) is 7.47. The van der Waals surface area contributed by atoms with Crippen LogP contribution in [0, 0.1) is 0 Å². The zero-order valence-electron chi connectivity index (χ0n) is 17.2. The van der Waals surface area contributed by atoms with E-state index in [-0.39, 0.29) is 12.5 Å². The van der Waals surface area contributed by atoms with Crippen molar-refractivity contribution in [2.75, 3.05) is 73.0 Å². The lowest BCUT2D eigenvalue weighted by molar-refractivity contribution is -0.157. The molecule has 11 heteroatoms. The molecule has 8 nitrogen and oxygen atoms in total. The Hall–Kier alpha value is -2.04. The highest BCUT2D eigenvalue weighted by Gasteiger charge is 2.31. The zero-order valence-corrected chi connectivity index (χ0v) is 17.2. The number of likely N-dealkylation sites (N-methyl/N-ethyl adjacent to an activating group) is 1. The molecule has 2 fully saturated rings. The van der Waals surface area contributed by atoms with E-state index in [0.29, 0.717) is 43.6 Å². The lowest BCUT2D eigenvalue weighted by atomic mass is 10.1. The van der Waals surface area contributed by atoms with Gasteiger partial charge in [0, 0.05) is 53.4 Å². The average molecular weight is 420 g/mol. The van der Waals surface area contributed by atoms with E-state index < -0.39 is 18.6 Å². The summed E-state index contributed by atoms with van der Waals surface area (Å²) in [6.07, 6.45) is -1.10. The van der Waals surface area contributed by atoms with E-state index in [2.05, 4.69) is 15.2 Å². The van der Waals surface area contributed by atoms with Gasteiger partial charge in [-0.2, -0.15) is 13.2 Å². The Labute approximate surface area is 169 Å². The number of piperazine rings is 1. The molecule has 2 heterocycles. The van der Waals surface area contributed by atoms with Crippen molar-refractivity contribution in [1.82, 2.24) is 24.9 Å². The van der Waals surface area contributed by atoms with Gasteiger partial charge in [0.1, 0.15) is 6.54 Å². The molecule has 2 aliphatic heterocycles. The molecular weight excluding hydrogens is 389 g/mol. The molecule has 1 N–H and O–H groups in total. The first-order valence-electron chi connectivity index (χ1n) is 9.96. The fraction of sp³-hybridized carbons (Fsp3) is 0.833. The predicted molar refractivity (Wildman–Crippen MR) is 103 cm³/mol. The van der Waals surface area contributed by atoms with Gasteiger partial charge >= 0.3 is 6.18 Å². The van der Waals surface area contributed by atoms with E-state index in [1.165, 1.54) is 6.42 Å². The van der Waals surface area contributed by atoms with Crippen molar-refractivity contribution in [2.45, 2.75) is 25.4 Å². The van der Waals surface area contributed by atoms with E-state index in [4.69, 9.17) is 0 Å². The molecule has 166 valence electrons. The molecule has 0 atom stereocenters. The molecule has 0 aromatic carbocycles. The number of halogens is 3. The molecule has 2 amide bonds. The van der Waals surface area contributed by atoms with E-state index in [9.17, 15) is 22.8 Å². The van der Waals surface area contributed by atoms with Crippen LogP contribution in [0.25, 0.3) is 0 Å². The fourth-order valence-electron chi connectivity index (χ4n) is 3.53. The van der Waals surface area contributed by atoms with Crippen LogP contribution >= 0.6 is 0 Å². The van der Waals surface area contributed by atoms with Crippen LogP contribution < -0.4 is 5.32 Å². The van der Waals surface area contributed by atoms with Gasteiger partial charge in [0.15, 0.2) is 5.96 Å². The minimum atomic E-state index is -4.42. The Morgan fingerprint density at radius 3 is 2.17 bits per heavy atom. The maximum atomic E-state index is 12.4. The highest BCUT2D eigenvalue weighted by molar-refractivity contribution is 5.86. The quantitative estimate of drug-likeness (QED) is 0.509. The van der Waals surface area contributed by atoms with Gasteiger partial charge in [0.05, 0.1) is 13.1 Å². The van der Waals surface area contributed by atoms with Crippen molar-refractivity contribution in [3.63, 3.8) is 0 Å². The summed E-state index contributed by atoms with van der Waals surface area (Å²) in [5.41, 5.74) is 0. The zero-order chi connectivity index (χ0) is 21.4. The Balaban J connectivity index is 1.73. The summed E-state index contributed by atoms with van der Waals surface area (Å²) < 4.78 is 37.2. The number of rotatable bonds is 5. The minimum Gasteiger partial charge on any atom is -0.347 e. The van der Waals surface area contributed by atoms with Gasteiger partial charge in [-0.3, -0.25) is 19.5 Å². The van der Waals surface area contributed by atoms with Crippen molar-refractivity contribution in [2.24, 2.45) is 4.99 Å². The van der Waals surface area contributed by atoms with Gasteiger partial charge < -0.3 is 20.0 Å². The summed E-state index contributed by atoms with van der Waals surface area (Å²) in [5.74, 6) is -0.0195. The maximum Gasteiger partial charge on any atom is 0.406 e. The molecular formula is C18H31F3N6O2. The third-order valence-electron chi connectivity index (χ3n) is 5.19. The van der Waals surface area contributed by atoms with Gasteiger partial charge in [-0.15, -0.1) is 0 Å². The first kappa shape index (κ1) is 23.2. The number of carbonyl (C=O) groups is 2. The van der Waals surface area contributed by atoms with E-state index in [0.717, 1.165) is 33.0 Å². The highest BCUT2D eigenvalue weighted by atomic mass is 19.4. The number of carbonyl (C=O) groups excluding carboxylic acids is 2. The summed E-state index contributed by atoms with van der Waals surface area (Å²) in [6.45, 7) is 3.16. The number of amides is 2. The van der Waals surface area contributed by atoms with Crippen LogP contribution in [0.2, 0.25) is 0 Å². The first-order chi connectivity index (χ1) is 13.7. The van der Waals surface area contributed by atoms with E-state index in [1.807, 2.05) is 9.80 Å². The van der Waals surface area contributed by atoms with Crippen molar-refractivity contribution < 1.29 is 22.8 Å². The summed E-state index contributed by atoms with van der Waals surface area (Å²) in [4.78, 5) is 35.0. The molecule has 2 saturated heterocycles. The third kappa shape index (κ3) is 7.71. The number of guanidine groups is 1. The van der Waals surface area contributed by atoms with Gasteiger partial charge in [-0.05, 0) is 19.3 Å². The standard InChI is InChI=1S/C18H31F3N6O2/c1-22-17(23-12-15(28)24(2)14-18(19,20)21)27-10-8-25(9-11-27)13-16(29)26-6-4-3-5-7-26/h3-14H2,1-2H3,(H,22,23). The van der Waals surface area contributed by atoms with E-state index in [1.54, 1.807) is 7.05 Å². The minimum absolute atomic E-state index is 0.166. The third-order valence-corrected chi connectivity index (χ3v) is 5.19. The topological polar surface area (TPSA) is 71.5 Å². The lowest BCUT2D eigenvalue weighted by Crippen LogP contribution is -2.55. The molecule has 0 unspecified atom stereocenters. The Morgan fingerprint density at radius 1 is 1.00 bits per heavy atom. The monoisotopic (exact) mass is 420 g/mol. The van der Waals surface area contributed by atoms with Crippen LogP contribution in [0.3, 0.4) is 0 Å². The van der Waals surface area contributed by atoms with Crippen LogP contribution in [0.1, 0.15) is 19.3 Å². The van der Waals surface area contributed by atoms with Crippen LogP contribution in [0.4, 0.5) is 13.2 Å². The number of nitrogens with one attached hydrogen (secondary N) is 1. The molecule has 0 aromatic heterocycles. The normalized spacial score (nSPS) is 19.3. The van der Waals surface area contributed by atoms with Crippen molar-refractivity contribution in [1.29, 1.82) is 0 Å². The van der Waals surface area contributed by atoms with Gasteiger partial charge in [0.2, 0.25) is 11.8 Å². The van der Waals surface area contributed by atoms with Gasteiger partial charge in [0.25, 0.3) is 0 Å². The number of alkyl halides is 3. The van der Waals surface area contributed by atoms with E-state index >= 15 is 0 Å². The molecule has 2 aliphatic rings. The number of aliphatic imine (C=N–C) groups is 1. The van der Waals surface area contributed by atoms with Gasteiger partial charge in [-0.1, -0.05) is 0 Å². The van der Waals surface area contributed by atoms with Crippen LogP contribution in [-0.2, 0) is 9.59 Å². The largest absolute Gasteiger partial charge is 0.406 e. The second kappa shape index (κ2) is 10.7. The van der Waals surface area contributed by atoms with Crippen molar-refractivity contribution in [3.05, 3.63) is 0 Å². The number of likely N-dealkylation sites (tertiary alicyclic amines) is 1. The maximum absolute atomic E-state index is 12.4. The molecule has 0 saturated carbocycles. The lowest BCUT2D eigenvalue weighted by Gasteiger charge is -2.37. The smallest absolute Gasteiger partial charge is 0.347 e. The average Bonchev–Trinajstić information content (AvgIpc) is 2.68. The number of hydrogen-bond acceptors (Lipinski definition) is 4. The summed E-state index contributed by atoms with van der Waals surface area (Å²) in [6, 6.07) is 0. The van der Waals surface area contributed by atoms with Crippen LogP contribution in [-0.4, -0.2) is 117 Å². The van der Waals surface area contributed by atoms with Crippen LogP contribution in [0.15, 0.2) is 4.99 Å². The summed E-state index contributed by atoms with van der Waals surface area (Å²) in [7, 11) is 2.69. The molecule has 0 aliphatic carbocycles. The van der Waals surface area contributed by atoms with Gasteiger partial charge in [-0.25, -0.2) is 0 Å². The Bertz CT molecular complexity index is 585. The molecule has 0 aromatic rings. The highest BCUT2D eigenvalue weighted by Crippen LogP contribution is 2.15. The van der Waals surface area contributed by atoms with Crippen molar-refractivity contribution >= 4 is 17.8 Å². The SMILES string of the molecule is CN=C(NCC(=O)N(C)CC(F)(F)F)N1CCN(CC(=O)N2CCCCC2)CC1. The van der Waals surface area contributed by atoms with Crippen LogP contribution in [0.5, 0.6) is 0 Å². The Morgan fingerprint density at radius 2 is 1.62 bits per heavy atom. The molecule has 29 heavy (non-hydrogen) atoms. The number of piperidine rings is 1. The fourth-order valence-corrected chi connectivity index (χ4v) is 3.53. The predicted octanol–water partition coefficient (Wildman–Crippen LogP) is 0.213. The Kier molecular flexibility index (Phi) is 8.54. The number of hydrogen-bond donors (Lipinski definition) is 1. The van der Waals surface area contributed by atoms with Crippen molar-refractivity contribution in [3.8, 4) is 0 Å². The molecule has 0 spiro atoms. The summed E-state index contributed by atoms with van der Waals surface area (Å²) in [5, 5.41) is 2.84. The first-order valence-corrected chi connectivity index (χ1v) is 9.96. The second-order valence-corrected chi connectivity index (χ2v) is 7.47. The molecule has 0 bridgehead atoms. The summed E-state index contributed by atoms with van der Waals surface area (Å²) >= 11 is 0. The molecule has 0 radical (unpaired) electrons. The molecule has 2 rings (SSSR count).